The first-order valence-corrected chi connectivity index (χ1v) is 14.3. The third-order valence-corrected chi connectivity index (χ3v) is 7.54. The molecule has 3 aromatic carbocycles. The molecule has 0 unspecified atom stereocenters. The highest BCUT2D eigenvalue weighted by molar-refractivity contribution is 7.90. The van der Waals surface area contributed by atoms with Gasteiger partial charge in [0.15, 0.2) is 0 Å². The van der Waals surface area contributed by atoms with Crippen molar-refractivity contribution in [3.05, 3.63) is 96.1 Å². The van der Waals surface area contributed by atoms with E-state index >= 15 is 0 Å². The number of nitrogens with zero attached hydrogens (tertiary/aromatic N) is 2. The maximum absolute atomic E-state index is 11.4. The zero-order valence-electron chi connectivity index (χ0n) is 19.6. The Kier molecular flexibility index (Phi) is 7.09. The van der Waals surface area contributed by atoms with Crippen molar-refractivity contribution in [3.63, 3.8) is 0 Å². The summed E-state index contributed by atoms with van der Waals surface area (Å²) >= 11 is 1.59. The molecule has 0 saturated heterocycles. The molecule has 8 heteroatoms. The van der Waals surface area contributed by atoms with Gasteiger partial charge < -0.3 is 10.1 Å². The maximum Gasteiger partial charge on any atom is 0.148 e. The quantitative estimate of drug-likeness (QED) is 0.252. The Labute approximate surface area is 214 Å². The van der Waals surface area contributed by atoms with Crippen molar-refractivity contribution >= 4 is 32.1 Å². The van der Waals surface area contributed by atoms with Crippen molar-refractivity contribution < 1.29 is 13.2 Å². The highest BCUT2D eigenvalue weighted by Crippen LogP contribution is 2.38. The van der Waals surface area contributed by atoms with Crippen molar-refractivity contribution in [2.24, 2.45) is 0 Å². The highest BCUT2D eigenvalue weighted by Gasteiger charge is 2.16. The first-order valence-electron chi connectivity index (χ1n) is 11.4. The molecule has 0 bridgehead atoms. The number of ether oxygens (including phenoxy) is 1. The van der Waals surface area contributed by atoms with Crippen LogP contribution in [0.2, 0.25) is 0 Å². The van der Waals surface area contributed by atoms with E-state index in [1.54, 1.807) is 23.6 Å². The van der Waals surface area contributed by atoms with Crippen LogP contribution in [0.1, 0.15) is 5.01 Å². The minimum atomic E-state index is -3.02. The fourth-order valence-electron chi connectivity index (χ4n) is 3.74. The number of thiazole rings is 1. The molecule has 5 rings (SSSR count). The molecule has 0 aliphatic rings. The zero-order valence-corrected chi connectivity index (χ0v) is 21.3. The monoisotopic (exact) mass is 514 g/mol. The lowest BCUT2D eigenvalue weighted by Gasteiger charge is -2.07. The summed E-state index contributed by atoms with van der Waals surface area (Å²) in [6.45, 7) is 0.867. The minimum Gasteiger partial charge on any atom is -0.457 e. The maximum atomic E-state index is 11.4. The summed E-state index contributed by atoms with van der Waals surface area (Å²) in [5.74, 6) is 1.63. The number of hydrogen-bond donors (Lipinski definition) is 1. The van der Waals surface area contributed by atoms with E-state index in [0.717, 1.165) is 49.1 Å². The van der Waals surface area contributed by atoms with E-state index in [-0.39, 0.29) is 5.75 Å². The Morgan fingerprint density at radius 1 is 0.972 bits per heavy atom. The van der Waals surface area contributed by atoms with Crippen molar-refractivity contribution in [1.29, 1.82) is 0 Å². The predicted molar refractivity (Wildman–Crippen MR) is 145 cm³/mol. The number of fused-ring (bicyclic) bond motifs is 1. The van der Waals surface area contributed by atoms with Crippen molar-refractivity contribution in [3.8, 4) is 33.2 Å². The third kappa shape index (κ3) is 5.96. The molecular formula is C28H24N3O3S2. The smallest absolute Gasteiger partial charge is 0.148 e. The Balaban J connectivity index is 1.45. The number of pyridine rings is 1. The molecule has 0 saturated carbocycles. The predicted octanol–water partition coefficient (Wildman–Crippen LogP) is 5.75. The van der Waals surface area contributed by atoms with Crippen LogP contribution >= 0.6 is 11.3 Å². The van der Waals surface area contributed by atoms with Crippen molar-refractivity contribution in [2.45, 2.75) is 6.54 Å². The molecule has 5 aromatic rings. The van der Waals surface area contributed by atoms with E-state index in [2.05, 4.69) is 16.4 Å². The van der Waals surface area contributed by atoms with Gasteiger partial charge in [-0.15, -0.1) is 11.3 Å². The van der Waals surface area contributed by atoms with Gasteiger partial charge in [0.1, 0.15) is 26.3 Å². The normalized spacial score (nSPS) is 11.6. The van der Waals surface area contributed by atoms with Gasteiger partial charge in [-0.25, -0.2) is 13.4 Å². The number of para-hydroxylation sites is 1. The van der Waals surface area contributed by atoms with Gasteiger partial charge in [0.2, 0.25) is 0 Å². The van der Waals surface area contributed by atoms with E-state index in [9.17, 15) is 8.42 Å². The molecule has 1 N–H and O–H groups in total. The number of rotatable bonds is 9. The van der Waals surface area contributed by atoms with Crippen LogP contribution in [0.4, 0.5) is 0 Å². The van der Waals surface area contributed by atoms with Gasteiger partial charge in [0, 0.05) is 36.5 Å². The lowest BCUT2D eigenvalue weighted by Crippen LogP contribution is -2.21. The molecule has 0 amide bonds. The molecule has 0 fully saturated rings. The van der Waals surface area contributed by atoms with Crippen molar-refractivity contribution in [2.75, 3.05) is 18.6 Å². The van der Waals surface area contributed by atoms with Crippen LogP contribution in [-0.2, 0) is 16.4 Å². The molecule has 2 aromatic heterocycles. The lowest BCUT2D eigenvalue weighted by atomic mass is 10.0. The van der Waals surface area contributed by atoms with Gasteiger partial charge in [-0.05, 0) is 60.2 Å². The second kappa shape index (κ2) is 10.6. The summed E-state index contributed by atoms with van der Waals surface area (Å²) in [6.07, 6.45) is 2.97. The van der Waals surface area contributed by atoms with E-state index in [1.165, 1.54) is 6.26 Å². The number of benzene rings is 3. The van der Waals surface area contributed by atoms with Crippen LogP contribution in [0, 0.1) is 6.07 Å². The number of sulfone groups is 1. The molecule has 36 heavy (non-hydrogen) atoms. The summed E-state index contributed by atoms with van der Waals surface area (Å²) < 4.78 is 28.8. The molecule has 6 nitrogen and oxygen atoms in total. The Morgan fingerprint density at radius 3 is 2.50 bits per heavy atom. The van der Waals surface area contributed by atoms with Gasteiger partial charge in [-0.3, -0.25) is 4.98 Å². The van der Waals surface area contributed by atoms with Gasteiger partial charge in [0.05, 0.1) is 21.8 Å². The molecule has 0 spiro atoms. The summed E-state index contributed by atoms with van der Waals surface area (Å²) in [7, 11) is -3.02. The van der Waals surface area contributed by atoms with Crippen LogP contribution in [-0.4, -0.2) is 36.9 Å². The standard InChI is InChI=1S/C28H24N3O3S2/c1-36(32,33)17-16-29-19-26-31-27(22-10-9-20-6-5-15-30-25(20)18-22)28(35-26)21-11-13-24(14-12-21)34-23-7-3-2-4-8-23/h2-5,7-15,18,29H,16-17,19H2,1H3. The summed E-state index contributed by atoms with van der Waals surface area (Å²) in [6, 6.07) is 28.7. The average Bonchev–Trinajstić information content (AvgIpc) is 3.31. The highest BCUT2D eigenvalue weighted by atomic mass is 32.2. The fourth-order valence-corrected chi connectivity index (χ4v) is 5.31. The molecule has 0 aliphatic heterocycles. The summed E-state index contributed by atoms with van der Waals surface area (Å²) in [5, 5.41) is 5.03. The second-order valence-electron chi connectivity index (χ2n) is 8.35. The molecule has 1 radical (unpaired) electrons. The SMILES string of the molecule is CS(=O)(=O)CCNCc1nc(-c2ccc3[c]ccnc3c2)c(-c2ccc(Oc3ccccc3)cc2)s1. The molecule has 0 aliphatic carbocycles. The lowest BCUT2D eigenvalue weighted by molar-refractivity contribution is 0.483. The van der Waals surface area contributed by atoms with Gasteiger partial charge in [0.25, 0.3) is 0 Å². The zero-order chi connectivity index (χ0) is 25.0. The third-order valence-electron chi connectivity index (χ3n) is 5.49. The summed E-state index contributed by atoms with van der Waals surface area (Å²) in [4.78, 5) is 10.4. The number of aromatic nitrogens is 2. The van der Waals surface area contributed by atoms with E-state index in [1.807, 2.05) is 72.8 Å². The molecule has 2 heterocycles. The van der Waals surface area contributed by atoms with Crippen LogP contribution < -0.4 is 10.1 Å². The largest absolute Gasteiger partial charge is 0.457 e. The van der Waals surface area contributed by atoms with E-state index < -0.39 is 9.84 Å². The molecule has 181 valence electrons. The van der Waals surface area contributed by atoms with Gasteiger partial charge in [-0.1, -0.05) is 30.3 Å². The van der Waals surface area contributed by atoms with Crippen LogP contribution in [0.3, 0.4) is 0 Å². The van der Waals surface area contributed by atoms with Crippen LogP contribution in [0.15, 0.2) is 85.1 Å². The summed E-state index contributed by atoms with van der Waals surface area (Å²) in [5.41, 5.74) is 3.71. The van der Waals surface area contributed by atoms with E-state index in [0.29, 0.717) is 13.1 Å². The van der Waals surface area contributed by atoms with Crippen LogP contribution in [0.25, 0.3) is 32.6 Å². The first kappa shape index (κ1) is 24.1. The molecule has 0 atom stereocenters. The fraction of sp³-hybridized carbons (Fsp3) is 0.143. The van der Waals surface area contributed by atoms with Gasteiger partial charge >= 0.3 is 0 Å². The van der Waals surface area contributed by atoms with Crippen molar-refractivity contribution in [1.82, 2.24) is 15.3 Å². The Hall–Kier alpha value is -3.59. The Morgan fingerprint density at radius 2 is 1.72 bits per heavy atom. The minimum absolute atomic E-state index is 0.0911. The first-order chi connectivity index (χ1) is 17.4. The second-order valence-corrected chi connectivity index (χ2v) is 11.7. The topological polar surface area (TPSA) is 81.2 Å². The molecular weight excluding hydrogens is 490 g/mol. The Bertz CT molecular complexity index is 1580. The number of hydrogen-bond acceptors (Lipinski definition) is 7. The number of nitrogens with one attached hydrogen (secondary N) is 1. The van der Waals surface area contributed by atoms with E-state index in [4.69, 9.17) is 9.72 Å². The van der Waals surface area contributed by atoms with Crippen LogP contribution in [0.5, 0.6) is 11.5 Å². The van der Waals surface area contributed by atoms with Gasteiger partial charge in [-0.2, -0.15) is 0 Å². The average molecular weight is 515 g/mol.